The molecule has 0 N–H and O–H groups in total. The maximum absolute atomic E-state index is 12.1. The van der Waals surface area contributed by atoms with Gasteiger partial charge in [0.2, 0.25) is 0 Å². The molecule has 2 aromatic rings. The van der Waals surface area contributed by atoms with E-state index in [0.29, 0.717) is 5.84 Å². The summed E-state index contributed by atoms with van der Waals surface area (Å²) < 4.78 is 8.29. The number of aliphatic imine (C=N–C) groups is 1. The van der Waals surface area contributed by atoms with Gasteiger partial charge in [-0.2, -0.15) is 0 Å². The van der Waals surface area contributed by atoms with E-state index in [1.165, 1.54) is 10.6 Å². The lowest BCUT2D eigenvalue weighted by Crippen LogP contribution is -2.37. The molecule has 1 aromatic heterocycles. The van der Waals surface area contributed by atoms with Gasteiger partial charge < -0.3 is 4.74 Å². The van der Waals surface area contributed by atoms with Crippen LogP contribution in [0.15, 0.2) is 56.9 Å². The number of rotatable bonds is 0. The van der Waals surface area contributed by atoms with Crippen LogP contribution in [0.4, 0.5) is 0 Å². The Morgan fingerprint density at radius 3 is 2.80 bits per heavy atom. The molecule has 102 valence electrons. The van der Waals surface area contributed by atoms with E-state index in [2.05, 4.69) is 20.9 Å². The van der Waals surface area contributed by atoms with Crippen molar-refractivity contribution in [2.24, 2.45) is 4.99 Å². The Bertz CT molecular complexity index is 762. The average molecular weight is 333 g/mol. The van der Waals surface area contributed by atoms with Crippen molar-refractivity contribution in [1.29, 1.82) is 0 Å². The van der Waals surface area contributed by atoms with Crippen molar-refractivity contribution in [3.63, 3.8) is 0 Å². The molecule has 3 rings (SSSR count). The van der Waals surface area contributed by atoms with E-state index in [4.69, 9.17) is 4.74 Å². The minimum atomic E-state index is -0.703. The van der Waals surface area contributed by atoms with E-state index in [1.807, 2.05) is 38.1 Å². The molecule has 0 bridgehead atoms. The lowest BCUT2D eigenvalue weighted by atomic mass is 10.1. The number of hydrogen-bond acceptors (Lipinski definition) is 3. The molecular formula is C15H13BrN2O2. The lowest BCUT2D eigenvalue weighted by molar-refractivity contribution is 0.114. The second-order valence-corrected chi connectivity index (χ2v) is 5.95. The van der Waals surface area contributed by atoms with Gasteiger partial charge in [-0.25, -0.2) is 4.99 Å². The minimum Gasteiger partial charge on any atom is -0.466 e. The lowest BCUT2D eigenvalue weighted by Gasteiger charge is -2.30. The number of nitrogens with zero attached hydrogens (tertiary/aromatic N) is 2. The van der Waals surface area contributed by atoms with Crippen molar-refractivity contribution < 1.29 is 4.74 Å². The van der Waals surface area contributed by atoms with Crippen LogP contribution in [0.5, 0.6) is 5.75 Å². The Morgan fingerprint density at radius 1 is 1.25 bits per heavy atom. The van der Waals surface area contributed by atoms with Gasteiger partial charge in [0, 0.05) is 16.7 Å². The molecule has 0 fully saturated rings. The van der Waals surface area contributed by atoms with Gasteiger partial charge in [-0.1, -0.05) is 22.0 Å². The fraction of sp³-hybridized carbons (Fsp3) is 0.200. The third-order valence-electron chi connectivity index (χ3n) is 2.97. The molecule has 0 aliphatic carbocycles. The van der Waals surface area contributed by atoms with E-state index in [9.17, 15) is 4.79 Å². The fourth-order valence-electron chi connectivity index (χ4n) is 2.16. The average Bonchev–Trinajstić information content (AvgIpc) is 2.38. The van der Waals surface area contributed by atoms with Crippen molar-refractivity contribution >= 4 is 21.8 Å². The first-order chi connectivity index (χ1) is 9.46. The van der Waals surface area contributed by atoms with Crippen LogP contribution in [-0.2, 0) is 0 Å². The summed E-state index contributed by atoms with van der Waals surface area (Å²) in [7, 11) is 0. The third-order valence-corrected chi connectivity index (χ3v) is 3.46. The second-order valence-electron chi connectivity index (χ2n) is 5.03. The molecule has 0 radical (unpaired) electrons. The van der Waals surface area contributed by atoms with Gasteiger partial charge in [0.05, 0.1) is 5.56 Å². The normalized spacial score (nSPS) is 16.1. The molecule has 20 heavy (non-hydrogen) atoms. The summed E-state index contributed by atoms with van der Waals surface area (Å²) in [4.78, 5) is 16.6. The topological polar surface area (TPSA) is 43.6 Å². The fourth-order valence-corrected chi connectivity index (χ4v) is 2.52. The van der Waals surface area contributed by atoms with Crippen LogP contribution < -0.4 is 10.3 Å². The summed E-state index contributed by atoms with van der Waals surface area (Å²) in [5.74, 6) is 1.32. The smallest absolute Gasteiger partial charge is 0.256 e. The molecule has 2 heterocycles. The minimum absolute atomic E-state index is 0.116. The number of fused-ring (bicyclic) bond motifs is 1. The largest absolute Gasteiger partial charge is 0.466 e. The van der Waals surface area contributed by atoms with Crippen LogP contribution in [0.1, 0.15) is 19.4 Å². The number of ether oxygens (including phenoxy) is 1. The Balaban J connectivity index is 2.28. The molecule has 0 saturated heterocycles. The molecule has 5 heteroatoms. The van der Waals surface area contributed by atoms with E-state index in [0.717, 1.165) is 15.8 Å². The zero-order valence-corrected chi connectivity index (χ0v) is 12.7. The summed E-state index contributed by atoms with van der Waals surface area (Å²) >= 11 is 3.44. The number of aromatic nitrogens is 1. The quantitative estimate of drug-likeness (QED) is 0.744. The van der Waals surface area contributed by atoms with Gasteiger partial charge in [-0.15, -0.1) is 0 Å². The van der Waals surface area contributed by atoms with Crippen molar-refractivity contribution in [1.82, 2.24) is 4.57 Å². The molecule has 0 unspecified atom stereocenters. The summed E-state index contributed by atoms with van der Waals surface area (Å²) in [5, 5.41) is 0. The van der Waals surface area contributed by atoms with Gasteiger partial charge in [0.1, 0.15) is 11.6 Å². The van der Waals surface area contributed by atoms with Crippen LogP contribution in [0.3, 0.4) is 0 Å². The van der Waals surface area contributed by atoms with Crippen molar-refractivity contribution in [2.75, 3.05) is 0 Å². The van der Waals surface area contributed by atoms with E-state index < -0.39 is 5.72 Å². The van der Waals surface area contributed by atoms with Gasteiger partial charge in [0.15, 0.2) is 5.72 Å². The van der Waals surface area contributed by atoms with Crippen molar-refractivity contribution in [2.45, 2.75) is 19.6 Å². The Hall–Kier alpha value is -1.88. The molecule has 0 amide bonds. The molecule has 4 nitrogen and oxygen atoms in total. The maximum atomic E-state index is 12.1. The zero-order chi connectivity index (χ0) is 14.3. The van der Waals surface area contributed by atoms with E-state index >= 15 is 0 Å². The third kappa shape index (κ3) is 2.29. The maximum Gasteiger partial charge on any atom is 0.256 e. The Labute approximate surface area is 124 Å². The molecule has 0 saturated carbocycles. The summed E-state index contributed by atoms with van der Waals surface area (Å²) in [6.07, 6.45) is 1.72. The van der Waals surface area contributed by atoms with Crippen LogP contribution in [0.25, 0.3) is 0 Å². The number of pyridine rings is 1. The van der Waals surface area contributed by atoms with Crippen LogP contribution >= 0.6 is 15.9 Å². The highest BCUT2D eigenvalue weighted by Crippen LogP contribution is 2.32. The molecule has 1 aliphatic rings. The highest BCUT2D eigenvalue weighted by molar-refractivity contribution is 9.10. The van der Waals surface area contributed by atoms with Gasteiger partial charge in [-0.05, 0) is 38.1 Å². The first-order valence-electron chi connectivity index (χ1n) is 6.23. The standard InChI is InChI=1S/C15H13BrN2O2/c1-15(2)17-14(18-8-4-3-5-13(18)19)11-9-10(16)6-7-12(11)20-15/h3-9H,1-2H3. The second kappa shape index (κ2) is 4.59. The molecule has 1 aliphatic heterocycles. The monoisotopic (exact) mass is 332 g/mol. The van der Waals surface area contributed by atoms with E-state index in [-0.39, 0.29) is 5.56 Å². The SMILES string of the molecule is CC1(C)N=C(n2ccccc2=O)c2cc(Br)ccc2O1. The Kier molecular flexibility index (Phi) is 3.01. The first kappa shape index (κ1) is 13.1. The summed E-state index contributed by atoms with van der Waals surface area (Å²) in [6, 6.07) is 10.7. The van der Waals surface area contributed by atoms with E-state index in [1.54, 1.807) is 12.3 Å². The molecule has 1 aromatic carbocycles. The zero-order valence-electron chi connectivity index (χ0n) is 11.1. The van der Waals surface area contributed by atoms with Crippen LogP contribution in [0, 0.1) is 0 Å². The Morgan fingerprint density at radius 2 is 2.05 bits per heavy atom. The van der Waals surface area contributed by atoms with Gasteiger partial charge in [-0.3, -0.25) is 9.36 Å². The molecular weight excluding hydrogens is 320 g/mol. The number of halogens is 1. The number of benzene rings is 1. The summed E-state index contributed by atoms with van der Waals surface area (Å²) in [6.45, 7) is 3.73. The highest BCUT2D eigenvalue weighted by atomic mass is 79.9. The predicted octanol–water partition coefficient (Wildman–Crippen LogP) is 3.03. The van der Waals surface area contributed by atoms with Gasteiger partial charge in [0.25, 0.3) is 5.56 Å². The van der Waals surface area contributed by atoms with Gasteiger partial charge >= 0.3 is 0 Å². The highest BCUT2D eigenvalue weighted by Gasteiger charge is 2.29. The molecule has 0 atom stereocenters. The predicted molar refractivity (Wildman–Crippen MR) is 81.5 cm³/mol. The van der Waals surface area contributed by atoms with Crippen molar-refractivity contribution in [3.05, 3.63) is 63.0 Å². The molecule has 0 spiro atoms. The first-order valence-corrected chi connectivity index (χ1v) is 7.02. The number of hydrogen-bond donors (Lipinski definition) is 0. The summed E-state index contributed by atoms with van der Waals surface area (Å²) in [5.41, 5.74) is -0.0206. The van der Waals surface area contributed by atoms with Crippen molar-refractivity contribution in [3.8, 4) is 5.75 Å². The van der Waals surface area contributed by atoms with Crippen LogP contribution in [0.2, 0.25) is 0 Å². The van der Waals surface area contributed by atoms with Crippen LogP contribution in [-0.4, -0.2) is 16.1 Å².